The van der Waals surface area contributed by atoms with Gasteiger partial charge >= 0.3 is 0 Å². The van der Waals surface area contributed by atoms with Gasteiger partial charge in [-0.25, -0.2) is 8.78 Å². The summed E-state index contributed by atoms with van der Waals surface area (Å²) in [5.41, 5.74) is 0.908. The summed E-state index contributed by atoms with van der Waals surface area (Å²) in [6, 6.07) is 12.7. The highest BCUT2D eigenvalue weighted by Gasteiger charge is 2.30. The lowest BCUT2D eigenvalue weighted by Gasteiger charge is -2.34. The normalized spacial score (nSPS) is 18.7. The molecule has 0 saturated carbocycles. The second-order valence-corrected chi connectivity index (χ2v) is 8.58. The molecule has 0 aliphatic carbocycles. The van der Waals surface area contributed by atoms with Crippen LogP contribution in [0.25, 0.3) is 0 Å². The Balaban J connectivity index is 1.36. The van der Waals surface area contributed by atoms with Crippen molar-refractivity contribution in [3.8, 4) is 0 Å². The topological polar surface area (TPSA) is 61.9 Å². The zero-order chi connectivity index (χ0) is 23.2. The molecule has 33 heavy (non-hydrogen) atoms. The molecule has 2 amide bonds. The number of benzene rings is 2. The van der Waals surface area contributed by atoms with Crippen LogP contribution in [-0.2, 0) is 9.53 Å². The molecule has 0 bridgehead atoms. The second-order valence-electron chi connectivity index (χ2n) is 8.58. The maximum Gasteiger partial charge on any atom is 0.256 e. The van der Waals surface area contributed by atoms with Crippen molar-refractivity contribution < 1.29 is 23.1 Å². The van der Waals surface area contributed by atoms with Crippen LogP contribution in [0.2, 0.25) is 0 Å². The van der Waals surface area contributed by atoms with Gasteiger partial charge in [0.25, 0.3) is 5.91 Å². The minimum Gasteiger partial charge on any atom is -0.379 e. The fourth-order valence-corrected chi connectivity index (χ4v) is 4.43. The van der Waals surface area contributed by atoms with E-state index >= 15 is 0 Å². The van der Waals surface area contributed by atoms with Gasteiger partial charge in [0.1, 0.15) is 11.6 Å². The van der Waals surface area contributed by atoms with Gasteiger partial charge in [0.2, 0.25) is 5.91 Å². The number of morpholine rings is 1. The smallest absolute Gasteiger partial charge is 0.256 e. The zero-order valence-corrected chi connectivity index (χ0v) is 18.5. The van der Waals surface area contributed by atoms with Gasteiger partial charge in [0.05, 0.1) is 24.8 Å². The minimum atomic E-state index is -0.867. The third-order valence-electron chi connectivity index (χ3n) is 6.38. The molecule has 2 aliphatic rings. The molecular weight excluding hydrogens is 428 g/mol. The van der Waals surface area contributed by atoms with E-state index in [1.807, 2.05) is 30.3 Å². The molecule has 0 aromatic heterocycles. The van der Waals surface area contributed by atoms with E-state index in [9.17, 15) is 18.4 Å². The SMILES string of the molecule is O=C(NC(CN1CCOCC1)c1ccccc1)C1CCN(C(=O)c2ccc(F)cc2F)CC1. The predicted octanol–water partition coefficient (Wildman–Crippen LogP) is 3.01. The molecule has 2 aromatic carbocycles. The standard InChI is InChI=1S/C25H29F2N3O3/c26-20-6-7-21(22(27)16-20)25(32)30-10-8-19(9-11-30)24(31)28-23(18-4-2-1-3-5-18)17-29-12-14-33-15-13-29/h1-7,16,19,23H,8-15,17H2,(H,28,31). The highest BCUT2D eigenvalue weighted by molar-refractivity contribution is 5.94. The van der Waals surface area contributed by atoms with Crippen molar-refractivity contribution in [1.82, 2.24) is 15.1 Å². The van der Waals surface area contributed by atoms with Crippen LogP contribution >= 0.6 is 0 Å². The number of carbonyl (C=O) groups excluding carboxylic acids is 2. The Labute approximate surface area is 192 Å². The highest BCUT2D eigenvalue weighted by Crippen LogP contribution is 2.23. The average Bonchev–Trinajstić information content (AvgIpc) is 2.84. The van der Waals surface area contributed by atoms with Gasteiger partial charge in [-0.2, -0.15) is 0 Å². The van der Waals surface area contributed by atoms with Crippen molar-refractivity contribution >= 4 is 11.8 Å². The summed E-state index contributed by atoms with van der Waals surface area (Å²) in [4.78, 5) is 29.6. The van der Waals surface area contributed by atoms with Crippen molar-refractivity contribution in [2.75, 3.05) is 45.9 Å². The Morgan fingerprint density at radius 2 is 1.70 bits per heavy atom. The summed E-state index contributed by atoms with van der Waals surface area (Å²) in [6.07, 6.45) is 0.999. The van der Waals surface area contributed by atoms with Gasteiger partial charge in [-0.05, 0) is 30.5 Å². The van der Waals surface area contributed by atoms with E-state index in [0.29, 0.717) is 51.8 Å². The Bertz CT molecular complexity index is 959. The number of likely N-dealkylation sites (tertiary alicyclic amines) is 1. The van der Waals surface area contributed by atoms with Crippen molar-refractivity contribution in [3.05, 3.63) is 71.3 Å². The quantitative estimate of drug-likeness (QED) is 0.725. The number of ether oxygens (including phenoxy) is 1. The summed E-state index contributed by atoms with van der Waals surface area (Å²) < 4.78 is 32.6. The first-order valence-electron chi connectivity index (χ1n) is 11.4. The van der Waals surface area contributed by atoms with E-state index in [4.69, 9.17) is 4.74 Å². The number of nitrogens with zero attached hydrogens (tertiary/aromatic N) is 2. The second kappa shape index (κ2) is 10.9. The van der Waals surface area contributed by atoms with Crippen molar-refractivity contribution in [2.45, 2.75) is 18.9 Å². The monoisotopic (exact) mass is 457 g/mol. The van der Waals surface area contributed by atoms with Gasteiger partial charge < -0.3 is 15.0 Å². The Morgan fingerprint density at radius 1 is 1.00 bits per heavy atom. The van der Waals surface area contributed by atoms with E-state index < -0.39 is 17.5 Å². The molecule has 2 saturated heterocycles. The molecule has 0 radical (unpaired) electrons. The first-order valence-corrected chi connectivity index (χ1v) is 11.4. The van der Waals surface area contributed by atoms with Crippen molar-refractivity contribution in [1.29, 1.82) is 0 Å². The number of halogens is 2. The Kier molecular flexibility index (Phi) is 7.67. The van der Waals surface area contributed by atoms with Crippen molar-refractivity contribution in [2.24, 2.45) is 5.92 Å². The van der Waals surface area contributed by atoms with E-state index in [1.54, 1.807) is 0 Å². The average molecular weight is 458 g/mol. The Morgan fingerprint density at radius 3 is 2.36 bits per heavy atom. The molecule has 1 unspecified atom stereocenters. The fraction of sp³-hybridized carbons (Fsp3) is 0.440. The van der Waals surface area contributed by atoms with Crippen LogP contribution in [0.3, 0.4) is 0 Å². The van der Waals surface area contributed by atoms with Crippen molar-refractivity contribution in [3.63, 3.8) is 0 Å². The molecule has 1 atom stereocenters. The molecule has 2 aromatic rings. The number of nitrogens with one attached hydrogen (secondary N) is 1. The van der Waals surface area contributed by atoms with Crippen LogP contribution in [0.15, 0.2) is 48.5 Å². The molecule has 1 N–H and O–H groups in total. The molecule has 6 nitrogen and oxygen atoms in total. The lowest BCUT2D eigenvalue weighted by atomic mass is 9.94. The number of carbonyl (C=O) groups is 2. The first kappa shape index (κ1) is 23.3. The minimum absolute atomic E-state index is 0.0304. The molecule has 2 heterocycles. The van der Waals surface area contributed by atoms with E-state index in [2.05, 4.69) is 10.2 Å². The number of amides is 2. The zero-order valence-electron chi connectivity index (χ0n) is 18.5. The lowest BCUT2D eigenvalue weighted by Crippen LogP contribution is -2.46. The van der Waals surface area contributed by atoms with Crippen LogP contribution in [0.1, 0.15) is 34.8 Å². The molecule has 0 spiro atoms. The van der Waals surface area contributed by atoms with Gasteiger partial charge in [0.15, 0.2) is 0 Å². The maximum absolute atomic E-state index is 14.0. The molecule has 2 aliphatic heterocycles. The summed E-state index contributed by atoms with van der Waals surface area (Å²) in [6.45, 7) is 4.47. The van der Waals surface area contributed by atoms with Gasteiger partial charge in [-0.1, -0.05) is 30.3 Å². The molecule has 2 fully saturated rings. The molecular formula is C25H29F2N3O3. The van der Waals surface area contributed by atoms with Crippen LogP contribution < -0.4 is 5.32 Å². The predicted molar refractivity (Wildman–Crippen MR) is 120 cm³/mol. The van der Waals surface area contributed by atoms with E-state index in [1.165, 1.54) is 11.0 Å². The maximum atomic E-state index is 14.0. The highest BCUT2D eigenvalue weighted by atomic mass is 19.1. The first-order chi connectivity index (χ1) is 16.0. The van der Waals surface area contributed by atoms with E-state index in [-0.39, 0.29) is 23.4 Å². The van der Waals surface area contributed by atoms with Gasteiger partial charge in [-0.15, -0.1) is 0 Å². The summed E-state index contributed by atoms with van der Waals surface area (Å²) in [5, 5.41) is 3.21. The molecule has 176 valence electrons. The van der Waals surface area contributed by atoms with E-state index in [0.717, 1.165) is 24.7 Å². The summed E-state index contributed by atoms with van der Waals surface area (Å²) in [7, 11) is 0. The summed E-state index contributed by atoms with van der Waals surface area (Å²) >= 11 is 0. The number of hydrogen-bond donors (Lipinski definition) is 1. The van der Waals surface area contributed by atoms with Crippen LogP contribution in [0.5, 0.6) is 0 Å². The van der Waals surface area contributed by atoms with Crippen LogP contribution in [0.4, 0.5) is 8.78 Å². The van der Waals surface area contributed by atoms with Crippen LogP contribution in [-0.4, -0.2) is 67.6 Å². The van der Waals surface area contributed by atoms with Crippen LogP contribution in [0, 0.1) is 17.6 Å². The van der Waals surface area contributed by atoms with Gasteiger partial charge in [-0.3, -0.25) is 14.5 Å². The fourth-order valence-electron chi connectivity index (χ4n) is 4.43. The third-order valence-corrected chi connectivity index (χ3v) is 6.38. The molecule has 4 rings (SSSR count). The number of rotatable bonds is 6. The summed E-state index contributed by atoms with van der Waals surface area (Å²) in [5.74, 6) is -2.31. The number of hydrogen-bond acceptors (Lipinski definition) is 4. The third kappa shape index (κ3) is 5.94. The lowest BCUT2D eigenvalue weighted by molar-refractivity contribution is -0.127. The largest absolute Gasteiger partial charge is 0.379 e. The Hall–Kier alpha value is -2.84. The molecule has 8 heteroatoms. The number of piperidine rings is 1. The van der Waals surface area contributed by atoms with Gasteiger partial charge in [0, 0.05) is 44.7 Å².